The summed E-state index contributed by atoms with van der Waals surface area (Å²) >= 11 is 0. The number of carbonyl (C=O) groups excluding carboxylic acids is 2. The molecular weight excluding hydrogens is 909 g/mol. The first kappa shape index (κ1) is 56.3. The Morgan fingerprint density at radius 3 is 1.47 bits per heavy atom. The Labute approximate surface area is 392 Å². The van der Waals surface area contributed by atoms with Crippen LogP contribution >= 0.6 is 0 Å². The Bertz CT molecular complexity index is 1910. The summed E-state index contributed by atoms with van der Waals surface area (Å²) in [6.45, 7) is 8.90. The van der Waals surface area contributed by atoms with Gasteiger partial charge >= 0.3 is 12.3 Å². The number of hydrogen-bond acceptors (Lipinski definition) is 17. The number of aliphatic hydroxyl groups excluding tert-OH is 1. The van der Waals surface area contributed by atoms with Gasteiger partial charge in [-0.1, -0.05) is 30.3 Å². The number of aliphatic hydroxyl groups is 1. The molecule has 0 aliphatic carbocycles. The van der Waals surface area contributed by atoms with Crippen molar-refractivity contribution in [2.75, 3.05) is 165 Å². The van der Waals surface area contributed by atoms with Crippen molar-refractivity contribution < 1.29 is 89.4 Å². The lowest BCUT2D eigenvalue weighted by Gasteiger charge is -2.14. The molecule has 2 aromatic carbocycles. The number of alkyl halides is 3. The largest absolute Gasteiger partial charge is 0.508 e. The van der Waals surface area contributed by atoms with Gasteiger partial charge in [-0.2, -0.15) is 13.2 Å². The van der Waals surface area contributed by atoms with Crippen LogP contribution in [0.5, 0.6) is 0 Å². The highest BCUT2D eigenvalue weighted by Gasteiger charge is 2.35. The van der Waals surface area contributed by atoms with E-state index in [4.69, 9.17) is 66.7 Å². The van der Waals surface area contributed by atoms with E-state index in [2.05, 4.69) is 10.3 Å². The molecule has 22 heteroatoms. The molecule has 1 aromatic heterocycles. The Balaban J connectivity index is 0.878. The fraction of sp³-hybridized carbons (Fsp3) is 0.630. The summed E-state index contributed by atoms with van der Waals surface area (Å²) in [5.41, 5.74) is -1.04. The van der Waals surface area contributed by atoms with Crippen LogP contribution in [0.3, 0.4) is 0 Å². The summed E-state index contributed by atoms with van der Waals surface area (Å²) in [4.78, 5) is 40.5. The summed E-state index contributed by atoms with van der Waals surface area (Å²) in [7, 11) is 0. The van der Waals surface area contributed by atoms with Crippen molar-refractivity contribution >= 4 is 22.8 Å². The van der Waals surface area contributed by atoms with Gasteiger partial charge in [-0.3, -0.25) is 9.59 Å². The molecule has 3 aromatic rings. The molecule has 0 spiro atoms. The van der Waals surface area contributed by atoms with Crippen molar-refractivity contribution in [3.05, 3.63) is 70.0 Å². The van der Waals surface area contributed by atoms with E-state index in [1.54, 1.807) is 18.2 Å². The highest BCUT2D eigenvalue weighted by Crippen LogP contribution is 2.37. The quantitative estimate of drug-likeness (QED) is 0.0550. The Kier molecular flexibility index (Phi) is 28.2. The first-order chi connectivity index (χ1) is 33.2. The molecule has 1 fully saturated rings. The van der Waals surface area contributed by atoms with Gasteiger partial charge in [0.1, 0.15) is 13.2 Å². The minimum absolute atomic E-state index is 0.00609. The average Bonchev–Trinajstić information content (AvgIpc) is 3.71. The molecule has 0 bridgehead atoms. The summed E-state index contributed by atoms with van der Waals surface area (Å²) in [5, 5.41) is 12.0. The van der Waals surface area contributed by atoms with Crippen LogP contribution in [-0.4, -0.2) is 193 Å². The predicted octanol–water partition coefficient (Wildman–Crippen LogP) is 3.51. The lowest BCUT2D eigenvalue weighted by molar-refractivity contribution is -0.137. The molecule has 1 saturated heterocycles. The summed E-state index contributed by atoms with van der Waals surface area (Å²) in [5.74, 6) is -0.954. The van der Waals surface area contributed by atoms with Crippen molar-refractivity contribution in [2.24, 2.45) is 0 Å². The second-order valence-corrected chi connectivity index (χ2v) is 14.8. The number of rotatable bonds is 39. The number of fused-ring (bicyclic) bond motifs is 1. The topological polar surface area (TPSA) is 219 Å². The molecule has 3 N–H and O–H groups in total. The highest BCUT2D eigenvalue weighted by molar-refractivity contribution is 5.90. The molecule has 0 radical (unpaired) electrons. The smallest absolute Gasteiger partial charge is 0.432 e. The van der Waals surface area contributed by atoms with Gasteiger partial charge in [-0.05, 0) is 35.6 Å². The molecule has 19 nitrogen and oxygen atoms in total. The van der Waals surface area contributed by atoms with Crippen molar-refractivity contribution in [3.8, 4) is 11.3 Å². The number of amides is 1. The Morgan fingerprint density at radius 1 is 0.574 bits per heavy atom. The minimum Gasteiger partial charge on any atom is -0.432 e. The lowest BCUT2D eigenvalue weighted by Crippen LogP contribution is -2.31. The standard InChI is InChI=1S/C46H65F3N2O17/c47-46(48,49)41-4-2-1-3-38(41)42-32-36-6-5-35(31-39(36)44(54)51-42)40-33-37(50-43(40)53)34-68-45(55)67-30-29-66-28-27-65-26-25-64-24-23-63-22-21-62-20-19-61-18-17-60-16-15-59-14-13-58-12-11-57-10-9-56-8-7-52/h1-6,31-32,37,40,52H,7-30,33-34H2,(H,50,53)(H,51,54)/t37?,40-/m0/s1. The van der Waals surface area contributed by atoms with E-state index in [9.17, 15) is 27.6 Å². The molecule has 2 heterocycles. The van der Waals surface area contributed by atoms with E-state index in [-0.39, 0.29) is 62.0 Å². The number of ether oxygens (including phenoxy) is 13. The SMILES string of the molecule is O=C(OCCOCCOCCOCCOCCOCCOCCOCCOCCOCCOCCOCCO)OCC1C[C@@H](c2ccc3cc(-c4ccccc4C(F)(F)F)[nH]c(=O)c3c2)C(=O)N1. The normalized spacial score (nSPS) is 15.0. The molecule has 2 atom stereocenters. The van der Waals surface area contributed by atoms with E-state index in [1.165, 1.54) is 24.3 Å². The van der Waals surface area contributed by atoms with Crippen molar-refractivity contribution in [3.63, 3.8) is 0 Å². The number of halogens is 3. The number of carbonyl (C=O) groups is 2. The van der Waals surface area contributed by atoms with Crippen molar-refractivity contribution in [1.29, 1.82) is 0 Å². The maximum absolute atomic E-state index is 13.6. The molecule has 4 rings (SSSR count). The van der Waals surface area contributed by atoms with Crippen LogP contribution in [0.15, 0.2) is 53.3 Å². The third-order valence-corrected chi connectivity index (χ3v) is 9.78. The zero-order valence-corrected chi connectivity index (χ0v) is 38.3. The Morgan fingerprint density at radius 2 is 1.01 bits per heavy atom. The van der Waals surface area contributed by atoms with Crippen molar-refractivity contribution in [1.82, 2.24) is 10.3 Å². The maximum Gasteiger partial charge on any atom is 0.508 e. The molecule has 1 aliphatic heterocycles. The first-order valence-corrected chi connectivity index (χ1v) is 22.6. The number of benzene rings is 2. The number of aromatic nitrogens is 1. The van der Waals surface area contributed by atoms with Crippen LogP contribution < -0.4 is 10.9 Å². The number of pyridine rings is 1. The fourth-order valence-electron chi connectivity index (χ4n) is 6.51. The van der Waals surface area contributed by atoms with Gasteiger partial charge in [0.05, 0.1) is 169 Å². The van der Waals surface area contributed by atoms with Crippen LogP contribution in [0.1, 0.15) is 23.5 Å². The van der Waals surface area contributed by atoms with E-state index < -0.39 is 35.4 Å². The van der Waals surface area contributed by atoms with Crippen LogP contribution in [0.2, 0.25) is 0 Å². The monoisotopic (exact) mass is 974 g/mol. The predicted molar refractivity (Wildman–Crippen MR) is 238 cm³/mol. The van der Waals surface area contributed by atoms with Gasteiger partial charge < -0.3 is 77.0 Å². The zero-order chi connectivity index (χ0) is 48.5. The second kappa shape index (κ2) is 34.1. The number of aromatic amines is 1. The molecule has 1 amide bonds. The highest BCUT2D eigenvalue weighted by atomic mass is 19.4. The molecular formula is C46H65F3N2O17. The molecule has 0 saturated carbocycles. The van der Waals surface area contributed by atoms with Gasteiger partial charge in [0.25, 0.3) is 5.56 Å². The number of nitrogens with one attached hydrogen (secondary N) is 2. The summed E-state index contributed by atoms with van der Waals surface area (Å²) in [6.07, 6.45) is -5.25. The van der Waals surface area contributed by atoms with Gasteiger partial charge in [0.2, 0.25) is 5.91 Å². The molecule has 1 aliphatic rings. The van der Waals surface area contributed by atoms with Gasteiger partial charge in [-0.25, -0.2) is 4.79 Å². The van der Waals surface area contributed by atoms with Crippen LogP contribution in [0, 0.1) is 0 Å². The lowest BCUT2D eigenvalue weighted by atomic mass is 9.93. The zero-order valence-electron chi connectivity index (χ0n) is 38.3. The second-order valence-electron chi connectivity index (χ2n) is 14.8. The van der Waals surface area contributed by atoms with Crippen LogP contribution in [-0.2, 0) is 72.6 Å². The molecule has 382 valence electrons. The fourth-order valence-corrected chi connectivity index (χ4v) is 6.51. The summed E-state index contributed by atoms with van der Waals surface area (Å²) < 4.78 is 110. The molecule has 68 heavy (non-hydrogen) atoms. The van der Waals surface area contributed by atoms with Gasteiger partial charge in [0.15, 0.2) is 0 Å². The first-order valence-electron chi connectivity index (χ1n) is 22.6. The van der Waals surface area contributed by atoms with E-state index in [1.807, 2.05) is 0 Å². The van der Waals surface area contributed by atoms with Crippen LogP contribution in [0.4, 0.5) is 18.0 Å². The van der Waals surface area contributed by atoms with Gasteiger partial charge in [0, 0.05) is 16.6 Å². The summed E-state index contributed by atoms with van der Waals surface area (Å²) in [6, 6.07) is 10.8. The van der Waals surface area contributed by atoms with E-state index in [0.29, 0.717) is 143 Å². The van der Waals surface area contributed by atoms with E-state index >= 15 is 0 Å². The number of hydrogen-bond donors (Lipinski definition) is 3. The minimum atomic E-state index is -4.61. The van der Waals surface area contributed by atoms with Gasteiger partial charge in [-0.15, -0.1) is 0 Å². The number of H-pyrrole nitrogens is 1. The molecule has 1 unspecified atom stereocenters. The third-order valence-electron chi connectivity index (χ3n) is 9.78. The van der Waals surface area contributed by atoms with Crippen LogP contribution in [0.25, 0.3) is 22.0 Å². The van der Waals surface area contributed by atoms with E-state index in [0.717, 1.165) is 6.07 Å². The van der Waals surface area contributed by atoms with Crippen molar-refractivity contribution in [2.45, 2.75) is 24.6 Å². The average molecular weight is 975 g/mol. The Hall–Kier alpha value is -4.30. The maximum atomic E-state index is 13.6. The third kappa shape index (κ3) is 22.9.